The van der Waals surface area contributed by atoms with Crippen molar-refractivity contribution in [2.75, 3.05) is 26.2 Å². The molecule has 3 fully saturated rings. The predicted octanol–water partition coefficient (Wildman–Crippen LogP) is 4.82. The van der Waals surface area contributed by atoms with Crippen LogP contribution in [0.1, 0.15) is 73.3 Å². The maximum Gasteiger partial charge on any atom is 0.249 e. The van der Waals surface area contributed by atoms with Crippen LogP contribution in [0, 0.1) is 23.2 Å². The zero-order valence-electron chi connectivity index (χ0n) is 27.8. The van der Waals surface area contributed by atoms with E-state index in [2.05, 4.69) is 54.7 Å². The van der Waals surface area contributed by atoms with Crippen molar-refractivity contribution in [2.45, 2.75) is 97.1 Å². The van der Waals surface area contributed by atoms with Crippen molar-refractivity contribution in [3.63, 3.8) is 0 Å². The minimum absolute atomic E-state index is 0.0543. The topological polar surface area (TPSA) is 90.4 Å². The summed E-state index contributed by atoms with van der Waals surface area (Å²) in [5.41, 5.74) is -1.68. The Morgan fingerprint density at radius 3 is 2.30 bits per heavy atom. The van der Waals surface area contributed by atoms with Gasteiger partial charge in [-0.25, -0.2) is 0 Å². The first-order chi connectivity index (χ1) is 20.6. The van der Waals surface area contributed by atoms with Crippen LogP contribution in [0.3, 0.4) is 0 Å². The van der Waals surface area contributed by atoms with Gasteiger partial charge >= 0.3 is 0 Å². The molecule has 3 amide bonds. The molecule has 3 heterocycles. The quantitative estimate of drug-likeness (QED) is 0.325. The smallest absolute Gasteiger partial charge is 0.249 e. The summed E-state index contributed by atoms with van der Waals surface area (Å²) in [7, 11) is 0. The highest BCUT2D eigenvalue weighted by atomic mass is 16.5. The van der Waals surface area contributed by atoms with Gasteiger partial charge in [-0.15, -0.1) is 13.2 Å². The minimum Gasteiger partial charge on any atom is -0.396 e. The molecule has 2 bridgehead atoms. The van der Waals surface area contributed by atoms with E-state index in [0.717, 1.165) is 12.0 Å². The molecule has 6 atom stereocenters. The highest BCUT2D eigenvalue weighted by molar-refractivity contribution is 5.99. The van der Waals surface area contributed by atoms with Gasteiger partial charge < -0.3 is 24.5 Å². The van der Waals surface area contributed by atoms with Crippen molar-refractivity contribution in [2.24, 2.45) is 23.2 Å². The third-order valence-electron chi connectivity index (χ3n) is 10.0. The fourth-order valence-electron chi connectivity index (χ4n) is 8.57. The number of carbonyl (C=O) groups excluding carboxylic acids is 3. The molecular formula is C36H53N3O5. The van der Waals surface area contributed by atoms with E-state index in [4.69, 9.17) is 4.74 Å². The number of hydrogen-bond acceptors (Lipinski definition) is 5. The molecule has 8 heteroatoms. The average molecular weight is 608 g/mol. The Bertz CT molecular complexity index is 1260. The second-order valence-corrected chi connectivity index (χ2v) is 15.1. The Labute approximate surface area is 264 Å². The van der Waals surface area contributed by atoms with E-state index >= 15 is 0 Å². The number of aliphatic hydroxyl groups is 1. The van der Waals surface area contributed by atoms with Crippen LogP contribution in [-0.2, 0) is 25.7 Å². The first-order valence-electron chi connectivity index (χ1n) is 16.1. The summed E-state index contributed by atoms with van der Waals surface area (Å²) in [6, 6.07) is 8.87. The fourth-order valence-corrected chi connectivity index (χ4v) is 8.57. The number of hydrogen-bond donors (Lipinski definition) is 1. The summed E-state index contributed by atoms with van der Waals surface area (Å²) in [6.07, 6.45) is 4.99. The molecule has 1 aromatic carbocycles. The SMILES string of the molecule is C=CCN(Cc1ccccc1)C(=O)[C@@H]1[C@H]2C(=O)N(CCCO)C(C(=O)N(CC=C)C(C)(C)CC(C)(C)C)C23CC(C)[C@@]1(C)O3. The molecule has 0 aromatic heterocycles. The molecule has 3 aliphatic heterocycles. The molecular weight excluding hydrogens is 554 g/mol. The normalized spacial score (nSPS) is 29.5. The summed E-state index contributed by atoms with van der Waals surface area (Å²) in [6.45, 7) is 23.5. The van der Waals surface area contributed by atoms with Crippen LogP contribution in [0.5, 0.6) is 0 Å². The summed E-state index contributed by atoms with van der Waals surface area (Å²) in [5, 5.41) is 9.77. The van der Waals surface area contributed by atoms with E-state index in [-0.39, 0.29) is 42.2 Å². The van der Waals surface area contributed by atoms with E-state index in [1.807, 2.05) is 42.2 Å². The van der Waals surface area contributed by atoms with Gasteiger partial charge in [0, 0.05) is 38.3 Å². The van der Waals surface area contributed by atoms with Crippen LogP contribution in [0.4, 0.5) is 0 Å². The Kier molecular flexibility index (Phi) is 9.58. The first-order valence-corrected chi connectivity index (χ1v) is 16.1. The van der Waals surface area contributed by atoms with Gasteiger partial charge in [0.05, 0.1) is 17.4 Å². The lowest BCUT2D eigenvalue weighted by atomic mass is 9.62. The largest absolute Gasteiger partial charge is 0.396 e. The van der Waals surface area contributed by atoms with Gasteiger partial charge in [0.15, 0.2) is 0 Å². The molecule has 1 aromatic rings. The molecule has 0 radical (unpaired) electrons. The van der Waals surface area contributed by atoms with Crippen molar-refractivity contribution in [1.82, 2.24) is 14.7 Å². The Morgan fingerprint density at radius 2 is 1.73 bits per heavy atom. The highest BCUT2D eigenvalue weighted by Gasteiger charge is 2.80. The average Bonchev–Trinajstić information content (AvgIpc) is 3.45. The zero-order chi connectivity index (χ0) is 32.7. The maximum absolute atomic E-state index is 14.9. The van der Waals surface area contributed by atoms with Gasteiger partial charge in [0.1, 0.15) is 11.6 Å². The van der Waals surface area contributed by atoms with E-state index in [9.17, 15) is 19.5 Å². The predicted molar refractivity (Wildman–Crippen MR) is 172 cm³/mol. The number of fused-ring (bicyclic) bond motifs is 1. The number of likely N-dealkylation sites (tertiary alicyclic amines) is 1. The molecule has 4 rings (SSSR count). The van der Waals surface area contributed by atoms with Gasteiger partial charge in [0.2, 0.25) is 17.7 Å². The number of aliphatic hydroxyl groups excluding tert-OH is 1. The van der Waals surface area contributed by atoms with Crippen molar-refractivity contribution in [1.29, 1.82) is 0 Å². The number of amides is 3. The van der Waals surface area contributed by atoms with E-state index in [1.54, 1.807) is 22.0 Å². The molecule has 1 spiro atoms. The summed E-state index contributed by atoms with van der Waals surface area (Å²) in [5.74, 6) is -2.21. The van der Waals surface area contributed by atoms with Crippen LogP contribution in [-0.4, -0.2) is 86.6 Å². The van der Waals surface area contributed by atoms with E-state index in [1.165, 1.54) is 0 Å². The second kappa shape index (κ2) is 12.4. The Hall–Kier alpha value is -2.97. The maximum atomic E-state index is 14.9. The summed E-state index contributed by atoms with van der Waals surface area (Å²) >= 11 is 0. The molecule has 0 aliphatic carbocycles. The lowest BCUT2D eigenvalue weighted by Gasteiger charge is -2.45. The van der Waals surface area contributed by atoms with Crippen molar-refractivity contribution in [3.8, 4) is 0 Å². The third kappa shape index (κ3) is 5.87. The molecule has 1 N–H and O–H groups in total. The first kappa shape index (κ1) is 33.9. The second-order valence-electron chi connectivity index (χ2n) is 15.1. The molecule has 3 aliphatic rings. The van der Waals surface area contributed by atoms with Gasteiger partial charge in [-0.3, -0.25) is 14.4 Å². The molecule has 3 unspecified atom stereocenters. The molecule has 0 saturated carbocycles. The van der Waals surface area contributed by atoms with Crippen LogP contribution in [0.25, 0.3) is 0 Å². The standard InChI is InChI=1S/C36H53N3O5/c1-10-18-37(23-26-16-13-12-14-17-26)30(41)27-28-31(42)38(20-15-21-40)29(36(28)22-25(3)35(27,9)44-36)32(43)39(19-11-2)34(7,8)24-33(4,5)6/h10-14,16-17,25,27-29,40H,1-2,15,18-24H2,3-9H3/t25?,27-,28-,29?,35+,36?/m0/s1. The minimum atomic E-state index is -1.15. The van der Waals surface area contributed by atoms with Gasteiger partial charge in [-0.05, 0) is 56.9 Å². The lowest BCUT2D eigenvalue weighted by Crippen LogP contribution is -2.61. The number of nitrogens with zero attached hydrogens (tertiary/aromatic N) is 3. The number of benzene rings is 1. The molecule has 44 heavy (non-hydrogen) atoms. The van der Waals surface area contributed by atoms with Crippen LogP contribution < -0.4 is 0 Å². The van der Waals surface area contributed by atoms with Crippen LogP contribution in [0.15, 0.2) is 55.6 Å². The van der Waals surface area contributed by atoms with Crippen molar-refractivity contribution < 1.29 is 24.2 Å². The fraction of sp³-hybridized carbons (Fsp3) is 0.639. The molecule has 3 saturated heterocycles. The van der Waals surface area contributed by atoms with Gasteiger partial charge in [-0.1, -0.05) is 70.2 Å². The summed E-state index contributed by atoms with van der Waals surface area (Å²) in [4.78, 5) is 49.2. The van der Waals surface area contributed by atoms with Crippen molar-refractivity contribution in [3.05, 3.63) is 61.2 Å². The monoisotopic (exact) mass is 607 g/mol. The van der Waals surface area contributed by atoms with Gasteiger partial charge in [-0.2, -0.15) is 0 Å². The number of rotatable bonds is 13. The summed E-state index contributed by atoms with van der Waals surface area (Å²) < 4.78 is 6.98. The Morgan fingerprint density at radius 1 is 1.09 bits per heavy atom. The van der Waals surface area contributed by atoms with Crippen LogP contribution in [0.2, 0.25) is 0 Å². The number of ether oxygens (including phenoxy) is 1. The zero-order valence-corrected chi connectivity index (χ0v) is 27.8. The third-order valence-corrected chi connectivity index (χ3v) is 10.0. The highest BCUT2D eigenvalue weighted by Crippen LogP contribution is 2.65. The van der Waals surface area contributed by atoms with Crippen LogP contribution >= 0.6 is 0 Å². The molecule has 8 nitrogen and oxygen atoms in total. The van der Waals surface area contributed by atoms with E-state index < -0.39 is 34.6 Å². The Balaban J connectivity index is 1.80. The number of carbonyl (C=O) groups is 3. The lowest BCUT2D eigenvalue weighted by molar-refractivity contribution is -0.158. The van der Waals surface area contributed by atoms with E-state index in [0.29, 0.717) is 32.5 Å². The molecule has 242 valence electrons. The van der Waals surface area contributed by atoms with Gasteiger partial charge in [0.25, 0.3) is 0 Å². The van der Waals surface area contributed by atoms with Crippen molar-refractivity contribution >= 4 is 17.7 Å².